The molecule has 0 fully saturated rings. The Balaban J connectivity index is 1.89. The summed E-state index contributed by atoms with van der Waals surface area (Å²) in [5.41, 5.74) is 1.30. The highest BCUT2D eigenvalue weighted by molar-refractivity contribution is 6.31. The van der Waals surface area contributed by atoms with E-state index in [1.165, 1.54) is 6.20 Å². The van der Waals surface area contributed by atoms with Crippen LogP contribution in [0.5, 0.6) is 0 Å². The molecule has 22 heavy (non-hydrogen) atoms. The van der Waals surface area contributed by atoms with E-state index >= 15 is 0 Å². The number of halogens is 1. The van der Waals surface area contributed by atoms with Crippen molar-refractivity contribution in [3.05, 3.63) is 52.9 Å². The quantitative estimate of drug-likeness (QED) is 0.769. The van der Waals surface area contributed by atoms with Gasteiger partial charge in [0.15, 0.2) is 0 Å². The van der Waals surface area contributed by atoms with E-state index < -0.39 is 0 Å². The van der Waals surface area contributed by atoms with Crippen LogP contribution in [0.2, 0.25) is 5.02 Å². The molecule has 0 spiro atoms. The van der Waals surface area contributed by atoms with Gasteiger partial charge in [-0.1, -0.05) is 43.1 Å². The molecule has 2 N–H and O–H groups in total. The molecule has 0 saturated heterocycles. The molecular weight excluding hydrogens is 300 g/mol. The largest absolute Gasteiger partial charge is 0.365 e. The van der Waals surface area contributed by atoms with Gasteiger partial charge in [-0.3, -0.25) is 4.79 Å². The average molecular weight is 319 g/mol. The molecule has 2 rings (SSSR count). The highest BCUT2D eigenvalue weighted by Crippen LogP contribution is 2.16. The van der Waals surface area contributed by atoms with Gasteiger partial charge in [0.1, 0.15) is 11.5 Å². The van der Waals surface area contributed by atoms with Crippen LogP contribution in [0.25, 0.3) is 0 Å². The van der Waals surface area contributed by atoms with Crippen LogP contribution in [-0.4, -0.2) is 22.4 Å². The molecule has 0 aliphatic rings. The maximum atomic E-state index is 11.8. The molecule has 0 aliphatic carbocycles. The van der Waals surface area contributed by atoms with Crippen molar-refractivity contribution >= 4 is 23.3 Å². The molecule has 1 aromatic heterocycles. The zero-order chi connectivity index (χ0) is 15.8. The molecule has 116 valence electrons. The monoisotopic (exact) mass is 318 g/mol. The molecular formula is C16H19ClN4O. The normalized spacial score (nSPS) is 10.3. The Labute approximate surface area is 135 Å². The second-order valence-electron chi connectivity index (χ2n) is 4.84. The first-order chi connectivity index (χ1) is 10.7. The smallest absolute Gasteiger partial charge is 0.271 e. The van der Waals surface area contributed by atoms with E-state index in [4.69, 9.17) is 11.6 Å². The number of hydrogen-bond acceptors (Lipinski definition) is 4. The summed E-state index contributed by atoms with van der Waals surface area (Å²) < 4.78 is 0. The van der Waals surface area contributed by atoms with Crippen LogP contribution in [0.1, 0.15) is 35.8 Å². The Hall–Kier alpha value is -2.14. The van der Waals surface area contributed by atoms with Crippen molar-refractivity contribution in [2.45, 2.75) is 26.3 Å². The third kappa shape index (κ3) is 4.70. The van der Waals surface area contributed by atoms with E-state index in [1.54, 1.807) is 6.20 Å². The topological polar surface area (TPSA) is 66.9 Å². The third-order valence-corrected chi connectivity index (χ3v) is 3.49. The minimum Gasteiger partial charge on any atom is -0.365 e. The summed E-state index contributed by atoms with van der Waals surface area (Å²) in [6.45, 7) is 3.28. The van der Waals surface area contributed by atoms with Crippen LogP contribution >= 0.6 is 11.6 Å². The lowest BCUT2D eigenvalue weighted by Gasteiger charge is -2.08. The Morgan fingerprint density at radius 2 is 2.05 bits per heavy atom. The van der Waals surface area contributed by atoms with Crippen LogP contribution in [0.4, 0.5) is 5.82 Å². The molecule has 0 atom stereocenters. The Morgan fingerprint density at radius 1 is 1.23 bits per heavy atom. The van der Waals surface area contributed by atoms with Crippen LogP contribution in [0.3, 0.4) is 0 Å². The standard InChI is InChI=1S/C16H19ClN4O/c1-2-3-8-18-16(22)14-10-21-15(11-19-14)20-9-12-6-4-5-7-13(12)17/h4-7,10-11H,2-3,8-9H2,1H3,(H,18,22)(H,20,21). The summed E-state index contributed by atoms with van der Waals surface area (Å²) in [5, 5.41) is 6.64. The van der Waals surface area contributed by atoms with Gasteiger partial charge in [-0.2, -0.15) is 0 Å². The first-order valence-corrected chi connectivity index (χ1v) is 7.66. The number of nitrogens with zero attached hydrogens (tertiary/aromatic N) is 2. The van der Waals surface area contributed by atoms with Gasteiger partial charge in [0.05, 0.1) is 12.4 Å². The summed E-state index contributed by atoms with van der Waals surface area (Å²) >= 11 is 6.09. The molecule has 2 aromatic rings. The summed E-state index contributed by atoms with van der Waals surface area (Å²) in [7, 11) is 0. The van der Waals surface area contributed by atoms with Crippen LogP contribution in [-0.2, 0) is 6.54 Å². The van der Waals surface area contributed by atoms with Gasteiger partial charge in [0.2, 0.25) is 0 Å². The molecule has 5 nitrogen and oxygen atoms in total. The van der Waals surface area contributed by atoms with Crippen LogP contribution < -0.4 is 10.6 Å². The number of unbranched alkanes of at least 4 members (excludes halogenated alkanes) is 1. The maximum absolute atomic E-state index is 11.8. The number of carbonyl (C=O) groups is 1. The predicted octanol–water partition coefficient (Wildman–Crippen LogP) is 3.27. The van der Waals surface area contributed by atoms with Crippen molar-refractivity contribution in [3.8, 4) is 0 Å². The Morgan fingerprint density at radius 3 is 2.73 bits per heavy atom. The van der Waals surface area contributed by atoms with Gasteiger partial charge in [0, 0.05) is 18.1 Å². The number of benzene rings is 1. The Bertz CT molecular complexity index is 616. The molecule has 0 saturated carbocycles. The van der Waals surface area contributed by atoms with Crippen molar-refractivity contribution < 1.29 is 4.79 Å². The van der Waals surface area contributed by atoms with Gasteiger partial charge < -0.3 is 10.6 Å². The molecule has 0 aliphatic heterocycles. The zero-order valence-corrected chi connectivity index (χ0v) is 13.2. The molecule has 1 aromatic carbocycles. The fourth-order valence-corrected chi connectivity index (χ4v) is 2.04. The van der Waals surface area contributed by atoms with Gasteiger partial charge in [0.25, 0.3) is 5.91 Å². The SMILES string of the molecule is CCCCNC(=O)c1cnc(NCc2ccccc2Cl)cn1. The first-order valence-electron chi connectivity index (χ1n) is 7.28. The summed E-state index contributed by atoms with van der Waals surface area (Å²) in [6, 6.07) is 7.60. The number of nitrogens with one attached hydrogen (secondary N) is 2. The number of rotatable bonds is 7. The van der Waals surface area contributed by atoms with Crippen molar-refractivity contribution in [3.63, 3.8) is 0 Å². The predicted molar refractivity (Wildman–Crippen MR) is 88.1 cm³/mol. The highest BCUT2D eigenvalue weighted by atomic mass is 35.5. The van der Waals surface area contributed by atoms with Gasteiger partial charge in [-0.25, -0.2) is 9.97 Å². The molecule has 1 amide bonds. The van der Waals surface area contributed by atoms with E-state index in [2.05, 4.69) is 27.5 Å². The van der Waals surface area contributed by atoms with Crippen molar-refractivity contribution in [2.24, 2.45) is 0 Å². The van der Waals surface area contributed by atoms with Crippen molar-refractivity contribution in [2.75, 3.05) is 11.9 Å². The van der Waals surface area contributed by atoms with Gasteiger partial charge in [-0.15, -0.1) is 0 Å². The number of aromatic nitrogens is 2. The average Bonchev–Trinajstić information content (AvgIpc) is 2.55. The van der Waals surface area contributed by atoms with Crippen molar-refractivity contribution in [1.82, 2.24) is 15.3 Å². The van der Waals surface area contributed by atoms with Gasteiger partial charge >= 0.3 is 0 Å². The summed E-state index contributed by atoms with van der Waals surface area (Å²) in [6.07, 6.45) is 5.01. The van der Waals surface area contributed by atoms with Crippen LogP contribution in [0.15, 0.2) is 36.7 Å². The Kier molecular flexibility index (Phi) is 6.15. The highest BCUT2D eigenvalue weighted by Gasteiger charge is 2.07. The molecule has 0 bridgehead atoms. The lowest BCUT2D eigenvalue weighted by atomic mass is 10.2. The third-order valence-electron chi connectivity index (χ3n) is 3.12. The number of amides is 1. The van der Waals surface area contributed by atoms with E-state index in [0.717, 1.165) is 18.4 Å². The first kappa shape index (κ1) is 16.2. The number of hydrogen-bond donors (Lipinski definition) is 2. The van der Waals surface area contributed by atoms with Gasteiger partial charge in [-0.05, 0) is 18.1 Å². The molecule has 0 radical (unpaired) electrons. The maximum Gasteiger partial charge on any atom is 0.271 e. The van der Waals surface area contributed by atoms with Crippen molar-refractivity contribution in [1.29, 1.82) is 0 Å². The second-order valence-corrected chi connectivity index (χ2v) is 5.25. The van der Waals surface area contributed by atoms with E-state index in [-0.39, 0.29) is 5.91 Å². The van der Waals surface area contributed by atoms with E-state index in [9.17, 15) is 4.79 Å². The summed E-state index contributed by atoms with van der Waals surface area (Å²) in [4.78, 5) is 20.1. The minimum atomic E-state index is -0.196. The van der Waals surface area contributed by atoms with E-state index in [1.807, 2.05) is 24.3 Å². The molecule has 0 unspecified atom stereocenters. The number of anilines is 1. The second kappa shape index (κ2) is 8.34. The minimum absolute atomic E-state index is 0.196. The number of carbonyl (C=O) groups excluding carboxylic acids is 1. The lowest BCUT2D eigenvalue weighted by molar-refractivity contribution is 0.0948. The fraction of sp³-hybridized carbons (Fsp3) is 0.312. The van der Waals surface area contributed by atoms with Crippen LogP contribution in [0, 0.1) is 0 Å². The molecule has 6 heteroatoms. The zero-order valence-electron chi connectivity index (χ0n) is 12.5. The molecule has 1 heterocycles. The van der Waals surface area contributed by atoms with E-state index in [0.29, 0.717) is 29.6 Å². The summed E-state index contributed by atoms with van der Waals surface area (Å²) in [5.74, 6) is 0.406. The lowest BCUT2D eigenvalue weighted by Crippen LogP contribution is -2.25. The fourth-order valence-electron chi connectivity index (χ4n) is 1.83.